The molecular weight excluding hydrogens is 560 g/mol. The first kappa shape index (κ1) is 41.4. The molecule has 0 bridgehead atoms. The summed E-state index contributed by atoms with van der Waals surface area (Å²) in [6.07, 6.45) is 1.52. The Hall–Kier alpha value is -0.560. The Bertz CT molecular complexity index is 474. The maximum absolute atomic E-state index is 8.57. The molecule has 0 saturated carbocycles. The fourth-order valence-corrected chi connectivity index (χ4v) is 3.05. The molecule has 0 heterocycles. The second-order valence-corrected chi connectivity index (χ2v) is 8.50. The van der Waals surface area contributed by atoms with Gasteiger partial charge >= 0.3 is 0 Å². The number of ether oxygens (including phenoxy) is 13. The van der Waals surface area contributed by atoms with Crippen LogP contribution in [0.3, 0.4) is 0 Å². The zero-order chi connectivity index (χ0) is 30.4. The predicted octanol–water partition coefficient (Wildman–Crippen LogP) is 0.560. The average Bonchev–Trinajstić information content (AvgIpc) is 3.01. The number of hydrogen-bond donors (Lipinski definition) is 1. The maximum atomic E-state index is 8.57. The molecule has 0 aromatic heterocycles. The van der Waals surface area contributed by atoms with E-state index in [1.165, 1.54) is 0 Å². The number of aliphatic hydroxyl groups is 1. The molecule has 0 unspecified atom stereocenters. The Balaban J connectivity index is 3.05. The van der Waals surface area contributed by atoms with Gasteiger partial charge in [0, 0.05) is 27.2 Å². The molecule has 0 aliphatic rings. The van der Waals surface area contributed by atoms with Gasteiger partial charge in [-0.2, -0.15) is 0 Å². The average molecular weight is 619 g/mol. The minimum absolute atomic E-state index is 0.0255. The van der Waals surface area contributed by atoms with Gasteiger partial charge in [0.15, 0.2) is 6.29 Å². The first-order chi connectivity index (χ1) is 20.8. The number of methoxy groups -OCH3 is 2. The molecule has 0 rings (SSSR count). The lowest BCUT2D eigenvalue weighted by molar-refractivity contribution is -0.109. The summed E-state index contributed by atoms with van der Waals surface area (Å²) in [5.41, 5.74) is 0. The molecule has 0 saturated heterocycles. The van der Waals surface area contributed by atoms with E-state index in [0.29, 0.717) is 145 Å². The summed E-state index contributed by atoms with van der Waals surface area (Å²) in [6.45, 7) is 11.2. The molecule has 0 fully saturated rings. The third-order valence-electron chi connectivity index (χ3n) is 5.21. The monoisotopic (exact) mass is 618 g/mol. The van der Waals surface area contributed by atoms with E-state index in [1.54, 1.807) is 14.2 Å². The van der Waals surface area contributed by atoms with Gasteiger partial charge in [-0.3, -0.25) is 0 Å². The summed E-state index contributed by atoms with van der Waals surface area (Å²) in [5, 5.41) is 8.57. The van der Waals surface area contributed by atoms with E-state index in [-0.39, 0.29) is 12.9 Å². The van der Waals surface area contributed by atoms with Crippen molar-refractivity contribution in [2.24, 2.45) is 0 Å². The largest absolute Gasteiger partial charge is 0.394 e. The Morgan fingerprint density at radius 2 is 0.548 bits per heavy atom. The number of aliphatic hydroxyl groups excluding tert-OH is 1. The van der Waals surface area contributed by atoms with Gasteiger partial charge in [-0.05, 0) is 6.42 Å². The zero-order valence-corrected chi connectivity index (χ0v) is 26.0. The van der Waals surface area contributed by atoms with Gasteiger partial charge in [0.05, 0.1) is 145 Å². The van der Waals surface area contributed by atoms with Crippen molar-refractivity contribution >= 4 is 0 Å². The summed E-state index contributed by atoms with van der Waals surface area (Å²) < 4.78 is 69.7. The van der Waals surface area contributed by atoms with Crippen molar-refractivity contribution in [1.82, 2.24) is 0 Å². The standard InChI is InChI=1S/C28H58O14/c1-30-28(31-2)4-3-6-32-8-10-34-12-14-36-16-18-38-20-22-40-24-26-42-27-25-41-23-21-39-19-17-37-15-13-35-11-9-33-7-5-29/h28-29H,3-27H2,1-2H3. The molecule has 0 aromatic carbocycles. The predicted molar refractivity (Wildman–Crippen MR) is 153 cm³/mol. The summed E-state index contributed by atoms with van der Waals surface area (Å²) in [6, 6.07) is 0. The van der Waals surface area contributed by atoms with Crippen LogP contribution in [-0.2, 0) is 61.6 Å². The van der Waals surface area contributed by atoms with Crippen molar-refractivity contribution in [2.75, 3.05) is 166 Å². The van der Waals surface area contributed by atoms with E-state index < -0.39 is 0 Å². The highest BCUT2D eigenvalue weighted by molar-refractivity contribution is 4.44. The minimum Gasteiger partial charge on any atom is -0.394 e. The highest BCUT2D eigenvalue weighted by Gasteiger charge is 2.03. The SMILES string of the molecule is COC(CCCOCCOCCOCCOCCOCCOCCOCCOCCOCCOCCOCCO)OC. The Morgan fingerprint density at radius 3 is 0.762 bits per heavy atom. The zero-order valence-electron chi connectivity index (χ0n) is 26.0. The smallest absolute Gasteiger partial charge is 0.156 e. The fraction of sp³-hybridized carbons (Fsp3) is 1.00. The van der Waals surface area contributed by atoms with Crippen LogP contribution in [0.1, 0.15) is 12.8 Å². The molecule has 14 nitrogen and oxygen atoms in total. The van der Waals surface area contributed by atoms with E-state index in [0.717, 1.165) is 12.8 Å². The van der Waals surface area contributed by atoms with Crippen LogP contribution < -0.4 is 0 Å². The first-order valence-corrected chi connectivity index (χ1v) is 14.9. The highest BCUT2D eigenvalue weighted by atomic mass is 16.7. The molecule has 42 heavy (non-hydrogen) atoms. The van der Waals surface area contributed by atoms with Crippen LogP contribution in [0.5, 0.6) is 0 Å². The summed E-state index contributed by atoms with van der Waals surface area (Å²) >= 11 is 0. The second kappa shape index (κ2) is 38.5. The van der Waals surface area contributed by atoms with Crippen molar-refractivity contribution in [1.29, 1.82) is 0 Å². The Labute approximate surface area is 252 Å². The molecule has 0 atom stereocenters. The van der Waals surface area contributed by atoms with Crippen LogP contribution in [0.25, 0.3) is 0 Å². The molecule has 0 spiro atoms. The van der Waals surface area contributed by atoms with Gasteiger partial charge in [0.25, 0.3) is 0 Å². The lowest BCUT2D eigenvalue weighted by Crippen LogP contribution is -2.15. The highest BCUT2D eigenvalue weighted by Crippen LogP contribution is 2.01. The van der Waals surface area contributed by atoms with E-state index in [2.05, 4.69) is 0 Å². The number of rotatable bonds is 38. The molecule has 0 amide bonds. The maximum Gasteiger partial charge on any atom is 0.156 e. The van der Waals surface area contributed by atoms with Gasteiger partial charge in [-0.15, -0.1) is 0 Å². The van der Waals surface area contributed by atoms with E-state index in [9.17, 15) is 0 Å². The quantitative estimate of drug-likeness (QED) is 0.0761. The summed E-state index contributed by atoms with van der Waals surface area (Å²) in [7, 11) is 3.26. The normalized spacial score (nSPS) is 11.7. The molecule has 0 aliphatic carbocycles. The van der Waals surface area contributed by atoms with Crippen LogP contribution in [0, 0.1) is 0 Å². The van der Waals surface area contributed by atoms with Crippen LogP contribution in [0.2, 0.25) is 0 Å². The molecule has 0 aromatic rings. The van der Waals surface area contributed by atoms with Crippen LogP contribution in [0.15, 0.2) is 0 Å². The fourth-order valence-electron chi connectivity index (χ4n) is 3.05. The molecule has 254 valence electrons. The van der Waals surface area contributed by atoms with Gasteiger partial charge in [0.1, 0.15) is 0 Å². The molecule has 1 N–H and O–H groups in total. The van der Waals surface area contributed by atoms with Crippen LogP contribution in [-0.4, -0.2) is 178 Å². The van der Waals surface area contributed by atoms with Crippen LogP contribution in [0.4, 0.5) is 0 Å². The summed E-state index contributed by atoms with van der Waals surface area (Å²) in [5.74, 6) is 0. The second-order valence-electron chi connectivity index (χ2n) is 8.50. The first-order valence-electron chi connectivity index (χ1n) is 14.9. The Morgan fingerprint density at radius 1 is 0.333 bits per heavy atom. The van der Waals surface area contributed by atoms with Gasteiger partial charge in [-0.25, -0.2) is 0 Å². The van der Waals surface area contributed by atoms with Gasteiger partial charge in [0.2, 0.25) is 0 Å². The van der Waals surface area contributed by atoms with Gasteiger partial charge < -0.3 is 66.7 Å². The number of hydrogen-bond acceptors (Lipinski definition) is 14. The molecule has 0 radical (unpaired) electrons. The van der Waals surface area contributed by atoms with Gasteiger partial charge in [-0.1, -0.05) is 0 Å². The van der Waals surface area contributed by atoms with Crippen molar-refractivity contribution < 1.29 is 66.7 Å². The third-order valence-corrected chi connectivity index (χ3v) is 5.21. The third kappa shape index (κ3) is 35.6. The Kier molecular flexibility index (Phi) is 38.0. The van der Waals surface area contributed by atoms with Crippen molar-refractivity contribution in [3.8, 4) is 0 Å². The molecule has 0 aliphatic heterocycles. The van der Waals surface area contributed by atoms with E-state index >= 15 is 0 Å². The van der Waals surface area contributed by atoms with Crippen molar-refractivity contribution in [3.63, 3.8) is 0 Å². The summed E-state index contributed by atoms with van der Waals surface area (Å²) in [4.78, 5) is 0. The van der Waals surface area contributed by atoms with Crippen molar-refractivity contribution in [2.45, 2.75) is 19.1 Å². The minimum atomic E-state index is -0.167. The molecular formula is C28H58O14. The lowest BCUT2D eigenvalue weighted by Gasteiger charge is -2.12. The van der Waals surface area contributed by atoms with Crippen molar-refractivity contribution in [3.05, 3.63) is 0 Å². The molecule has 14 heteroatoms. The van der Waals surface area contributed by atoms with E-state index in [4.69, 9.17) is 66.7 Å². The topological polar surface area (TPSA) is 140 Å². The lowest BCUT2D eigenvalue weighted by atomic mass is 10.3. The van der Waals surface area contributed by atoms with Crippen LogP contribution >= 0.6 is 0 Å². The van der Waals surface area contributed by atoms with E-state index in [1.807, 2.05) is 0 Å².